The van der Waals surface area contributed by atoms with Crippen LogP contribution >= 0.6 is 15.9 Å². The second-order valence-electron chi connectivity index (χ2n) is 4.24. The van der Waals surface area contributed by atoms with Gasteiger partial charge in [0.15, 0.2) is 0 Å². The molecule has 4 nitrogen and oxygen atoms in total. The van der Waals surface area contributed by atoms with E-state index in [4.69, 9.17) is 4.74 Å². The third-order valence-corrected chi connectivity index (χ3v) is 3.48. The van der Waals surface area contributed by atoms with Crippen LogP contribution < -0.4 is 10.1 Å². The van der Waals surface area contributed by atoms with E-state index in [1.165, 1.54) is 0 Å². The van der Waals surface area contributed by atoms with E-state index in [0.717, 1.165) is 32.6 Å². The van der Waals surface area contributed by atoms with Crippen LogP contribution in [0, 0.1) is 0 Å². The Bertz CT molecular complexity index is 744. The monoisotopic (exact) mass is 329 g/mol. The maximum atomic E-state index is 5.21. The molecule has 1 heterocycles. The molecule has 3 aromatic rings. The first-order chi connectivity index (χ1) is 9.76. The Balaban J connectivity index is 2.01. The van der Waals surface area contributed by atoms with Gasteiger partial charge >= 0.3 is 0 Å². The second kappa shape index (κ2) is 5.46. The molecule has 0 atom stereocenters. The molecule has 0 fully saturated rings. The highest BCUT2D eigenvalue weighted by atomic mass is 79.9. The molecule has 0 saturated heterocycles. The number of nitrogens with one attached hydrogen (secondary N) is 1. The normalized spacial score (nSPS) is 10.5. The molecule has 1 N–H and O–H groups in total. The number of benzene rings is 2. The number of anilines is 2. The van der Waals surface area contributed by atoms with Crippen molar-refractivity contribution in [1.82, 2.24) is 9.97 Å². The number of hydrogen-bond acceptors (Lipinski definition) is 4. The number of aromatic nitrogens is 2. The fraction of sp³-hybridized carbons (Fsp3) is 0.0667. The SMILES string of the molecule is COc1ccc2c(Nc3ccc(Br)cc3)ncnc2c1. The molecule has 0 saturated carbocycles. The number of fused-ring (bicyclic) bond motifs is 1. The smallest absolute Gasteiger partial charge is 0.141 e. The zero-order valence-electron chi connectivity index (χ0n) is 10.8. The molecule has 100 valence electrons. The van der Waals surface area contributed by atoms with Crippen molar-refractivity contribution in [3.8, 4) is 5.75 Å². The number of rotatable bonds is 3. The first-order valence-electron chi connectivity index (χ1n) is 6.07. The lowest BCUT2D eigenvalue weighted by molar-refractivity contribution is 0.415. The Morgan fingerprint density at radius 3 is 2.60 bits per heavy atom. The molecule has 2 aromatic carbocycles. The summed E-state index contributed by atoms with van der Waals surface area (Å²) in [6, 6.07) is 13.7. The quantitative estimate of drug-likeness (QED) is 0.784. The van der Waals surface area contributed by atoms with Gasteiger partial charge in [-0.2, -0.15) is 0 Å². The van der Waals surface area contributed by atoms with Crippen molar-refractivity contribution in [1.29, 1.82) is 0 Å². The van der Waals surface area contributed by atoms with Crippen LogP contribution in [0.25, 0.3) is 10.9 Å². The van der Waals surface area contributed by atoms with Crippen LogP contribution in [0.4, 0.5) is 11.5 Å². The molecule has 0 unspecified atom stereocenters. The van der Waals surface area contributed by atoms with Gasteiger partial charge in [0.1, 0.15) is 17.9 Å². The Morgan fingerprint density at radius 1 is 1.05 bits per heavy atom. The van der Waals surface area contributed by atoms with Crippen LogP contribution in [-0.4, -0.2) is 17.1 Å². The predicted octanol–water partition coefficient (Wildman–Crippen LogP) is 4.14. The molecule has 0 aliphatic heterocycles. The minimum Gasteiger partial charge on any atom is -0.497 e. The first kappa shape index (κ1) is 12.9. The van der Waals surface area contributed by atoms with Crippen LogP contribution in [-0.2, 0) is 0 Å². The third kappa shape index (κ3) is 2.58. The summed E-state index contributed by atoms with van der Waals surface area (Å²) in [5, 5.41) is 4.25. The number of halogens is 1. The Morgan fingerprint density at radius 2 is 1.85 bits per heavy atom. The van der Waals surface area contributed by atoms with Crippen molar-refractivity contribution in [3.05, 3.63) is 53.3 Å². The van der Waals surface area contributed by atoms with Gasteiger partial charge in [-0.3, -0.25) is 0 Å². The van der Waals surface area contributed by atoms with Gasteiger partial charge in [-0.1, -0.05) is 15.9 Å². The summed E-state index contributed by atoms with van der Waals surface area (Å²) >= 11 is 3.42. The third-order valence-electron chi connectivity index (χ3n) is 2.95. The molecule has 0 aliphatic rings. The van der Waals surface area contributed by atoms with E-state index in [9.17, 15) is 0 Å². The molecule has 0 aliphatic carbocycles. The molecule has 1 aromatic heterocycles. The van der Waals surface area contributed by atoms with Crippen LogP contribution in [0.3, 0.4) is 0 Å². The number of nitrogens with zero attached hydrogens (tertiary/aromatic N) is 2. The summed E-state index contributed by atoms with van der Waals surface area (Å²) in [4.78, 5) is 8.57. The number of hydrogen-bond donors (Lipinski definition) is 1. The van der Waals surface area contributed by atoms with E-state index in [1.54, 1.807) is 13.4 Å². The Labute approximate surface area is 125 Å². The van der Waals surface area contributed by atoms with Gasteiger partial charge in [-0.05, 0) is 36.4 Å². The maximum absolute atomic E-state index is 5.21. The van der Waals surface area contributed by atoms with E-state index in [0.29, 0.717) is 0 Å². The highest BCUT2D eigenvalue weighted by Crippen LogP contribution is 2.26. The van der Waals surface area contributed by atoms with Crippen LogP contribution in [0.2, 0.25) is 0 Å². The van der Waals surface area contributed by atoms with Gasteiger partial charge in [-0.25, -0.2) is 9.97 Å². The van der Waals surface area contributed by atoms with E-state index in [2.05, 4.69) is 31.2 Å². The average Bonchev–Trinajstić information content (AvgIpc) is 2.49. The standard InChI is InChI=1S/C15H12BrN3O/c1-20-12-6-7-13-14(8-12)17-9-18-15(13)19-11-4-2-10(16)3-5-11/h2-9H,1H3,(H,17,18,19). The van der Waals surface area contributed by atoms with Crippen molar-refractivity contribution >= 4 is 38.3 Å². The topological polar surface area (TPSA) is 47.0 Å². The Hall–Kier alpha value is -2.14. The van der Waals surface area contributed by atoms with E-state index >= 15 is 0 Å². The zero-order chi connectivity index (χ0) is 13.9. The van der Waals surface area contributed by atoms with E-state index in [-0.39, 0.29) is 0 Å². The summed E-state index contributed by atoms with van der Waals surface area (Å²) in [6.45, 7) is 0. The lowest BCUT2D eigenvalue weighted by atomic mass is 10.2. The first-order valence-corrected chi connectivity index (χ1v) is 6.87. The highest BCUT2D eigenvalue weighted by Gasteiger charge is 2.05. The van der Waals surface area contributed by atoms with E-state index < -0.39 is 0 Å². The molecule has 0 radical (unpaired) electrons. The molecule has 20 heavy (non-hydrogen) atoms. The van der Waals surface area contributed by atoms with Crippen LogP contribution in [0.15, 0.2) is 53.3 Å². The zero-order valence-corrected chi connectivity index (χ0v) is 12.4. The molecule has 0 bridgehead atoms. The lowest BCUT2D eigenvalue weighted by Gasteiger charge is -2.09. The summed E-state index contributed by atoms with van der Waals surface area (Å²) in [7, 11) is 1.64. The van der Waals surface area contributed by atoms with Crippen molar-refractivity contribution in [2.45, 2.75) is 0 Å². The van der Waals surface area contributed by atoms with Gasteiger partial charge in [0.2, 0.25) is 0 Å². The lowest BCUT2D eigenvalue weighted by Crippen LogP contribution is -1.96. The van der Waals surface area contributed by atoms with Gasteiger partial charge in [0, 0.05) is 21.6 Å². The van der Waals surface area contributed by atoms with Gasteiger partial charge in [0.25, 0.3) is 0 Å². The van der Waals surface area contributed by atoms with Gasteiger partial charge in [0.05, 0.1) is 12.6 Å². The Kier molecular flexibility index (Phi) is 3.52. The van der Waals surface area contributed by atoms with Crippen molar-refractivity contribution in [2.24, 2.45) is 0 Å². The van der Waals surface area contributed by atoms with Crippen molar-refractivity contribution < 1.29 is 4.74 Å². The van der Waals surface area contributed by atoms with E-state index in [1.807, 2.05) is 42.5 Å². The average molecular weight is 330 g/mol. The largest absolute Gasteiger partial charge is 0.497 e. The van der Waals surface area contributed by atoms with Gasteiger partial charge in [-0.15, -0.1) is 0 Å². The minimum atomic E-state index is 0.778. The molecule has 0 spiro atoms. The van der Waals surface area contributed by atoms with Crippen molar-refractivity contribution in [3.63, 3.8) is 0 Å². The summed E-state index contributed by atoms with van der Waals surface area (Å²) in [5.74, 6) is 1.56. The highest BCUT2D eigenvalue weighted by molar-refractivity contribution is 9.10. The summed E-state index contributed by atoms with van der Waals surface area (Å²) in [6.07, 6.45) is 1.54. The fourth-order valence-electron chi connectivity index (χ4n) is 1.93. The summed E-state index contributed by atoms with van der Waals surface area (Å²) < 4.78 is 6.25. The minimum absolute atomic E-state index is 0.778. The van der Waals surface area contributed by atoms with Crippen LogP contribution in [0.5, 0.6) is 5.75 Å². The fourth-order valence-corrected chi connectivity index (χ4v) is 2.20. The van der Waals surface area contributed by atoms with Crippen LogP contribution in [0.1, 0.15) is 0 Å². The second-order valence-corrected chi connectivity index (χ2v) is 5.15. The molecule has 0 amide bonds. The maximum Gasteiger partial charge on any atom is 0.141 e. The summed E-state index contributed by atoms with van der Waals surface area (Å²) in [5.41, 5.74) is 1.82. The number of ether oxygens (including phenoxy) is 1. The van der Waals surface area contributed by atoms with Crippen molar-refractivity contribution in [2.75, 3.05) is 12.4 Å². The molecular weight excluding hydrogens is 318 g/mol. The molecule has 5 heteroatoms. The molecular formula is C15H12BrN3O. The molecule has 3 rings (SSSR count). The van der Waals surface area contributed by atoms with Gasteiger partial charge < -0.3 is 10.1 Å². The predicted molar refractivity (Wildman–Crippen MR) is 83.5 cm³/mol. The number of methoxy groups -OCH3 is 1.